The predicted octanol–water partition coefficient (Wildman–Crippen LogP) is 1.53. The van der Waals surface area contributed by atoms with Crippen molar-refractivity contribution in [3.63, 3.8) is 0 Å². The Labute approximate surface area is 165 Å². The molecule has 28 heavy (non-hydrogen) atoms. The Morgan fingerprint density at radius 1 is 1.21 bits per heavy atom. The van der Waals surface area contributed by atoms with E-state index >= 15 is 0 Å². The van der Waals surface area contributed by atoms with E-state index in [1.165, 1.54) is 25.2 Å². The number of methoxy groups -OCH3 is 2. The summed E-state index contributed by atoms with van der Waals surface area (Å²) in [5, 5.41) is 0. The molecule has 156 valence electrons. The molecule has 2 rings (SSSR count). The van der Waals surface area contributed by atoms with Gasteiger partial charge in [-0.3, -0.25) is 4.79 Å². The van der Waals surface area contributed by atoms with E-state index in [-0.39, 0.29) is 29.0 Å². The second-order valence-electron chi connectivity index (χ2n) is 7.14. The molecule has 1 aliphatic heterocycles. The van der Waals surface area contributed by atoms with E-state index in [0.29, 0.717) is 24.5 Å². The molecule has 1 saturated heterocycles. The second-order valence-corrected chi connectivity index (χ2v) is 9.37. The SMILES string of the molecule is COc1ccc(OC)c(C(=O)OCC(=O)N(CC(C)C)[C@@H]2CCS(=O)(=O)C2)c1. The minimum absolute atomic E-state index is 0.0525. The van der Waals surface area contributed by atoms with Gasteiger partial charge in [0.15, 0.2) is 16.4 Å². The number of ether oxygens (including phenoxy) is 3. The number of carbonyl (C=O) groups is 2. The van der Waals surface area contributed by atoms with Gasteiger partial charge in [0.05, 0.1) is 25.7 Å². The Hall–Kier alpha value is -2.29. The average molecular weight is 413 g/mol. The van der Waals surface area contributed by atoms with Crippen LogP contribution < -0.4 is 9.47 Å². The lowest BCUT2D eigenvalue weighted by atomic mass is 10.1. The van der Waals surface area contributed by atoms with Crippen LogP contribution in [0.1, 0.15) is 30.6 Å². The number of sulfone groups is 1. The Bertz CT molecular complexity index is 820. The lowest BCUT2D eigenvalue weighted by molar-refractivity contribution is -0.137. The fourth-order valence-corrected chi connectivity index (χ4v) is 4.86. The lowest BCUT2D eigenvalue weighted by Gasteiger charge is -2.29. The van der Waals surface area contributed by atoms with Crippen LogP contribution in [0.3, 0.4) is 0 Å². The maximum Gasteiger partial charge on any atom is 0.342 e. The van der Waals surface area contributed by atoms with Gasteiger partial charge in [0.1, 0.15) is 17.1 Å². The van der Waals surface area contributed by atoms with Gasteiger partial charge < -0.3 is 19.1 Å². The topological polar surface area (TPSA) is 99.2 Å². The van der Waals surface area contributed by atoms with Gasteiger partial charge in [-0.15, -0.1) is 0 Å². The molecule has 1 aromatic carbocycles. The van der Waals surface area contributed by atoms with E-state index in [9.17, 15) is 18.0 Å². The average Bonchev–Trinajstić information content (AvgIpc) is 3.02. The van der Waals surface area contributed by atoms with Gasteiger partial charge in [-0.25, -0.2) is 13.2 Å². The molecule has 0 bridgehead atoms. The molecule has 0 aliphatic carbocycles. The van der Waals surface area contributed by atoms with Gasteiger partial charge in [0.2, 0.25) is 0 Å². The molecule has 0 aromatic heterocycles. The van der Waals surface area contributed by atoms with Crippen molar-refractivity contribution in [1.29, 1.82) is 0 Å². The van der Waals surface area contributed by atoms with Gasteiger partial charge in [-0.1, -0.05) is 13.8 Å². The van der Waals surface area contributed by atoms with Gasteiger partial charge in [-0.05, 0) is 30.5 Å². The van der Waals surface area contributed by atoms with Crippen molar-refractivity contribution in [3.8, 4) is 11.5 Å². The number of benzene rings is 1. The number of hydrogen-bond donors (Lipinski definition) is 0. The summed E-state index contributed by atoms with van der Waals surface area (Å²) in [5.41, 5.74) is 0.147. The first kappa shape index (κ1) is 22.0. The molecule has 1 aromatic rings. The van der Waals surface area contributed by atoms with Crippen LogP contribution in [-0.2, 0) is 19.4 Å². The standard InChI is InChI=1S/C19H27NO7S/c1-13(2)10-20(14-7-8-28(23,24)12-14)18(21)11-27-19(22)16-9-15(25-3)5-6-17(16)26-4/h5-6,9,13-14H,7-8,10-12H2,1-4H3/t14-/m1/s1. The highest BCUT2D eigenvalue weighted by molar-refractivity contribution is 7.91. The smallest absolute Gasteiger partial charge is 0.342 e. The van der Waals surface area contributed by atoms with Crippen molar-refractivity contribution < 1.29 is 32.2 Å². The Balaban J connectivity index is 2.08. The molecule has 0 N–H and O–H groups in total. The minimum Gasteiger partial charge on any atom is -0.497 e. The molecule has 1 amide bonds. The highest BCUT2D eigenvalue weighted by Crippen LogP contribution is 2.25. The first-order valence-corrected chi connectivity index (χ1v) is 10.9. The summed E-state index contributed by atoms with van der Waals surface area (Å²) >= 11 is 0. The van der Waals surface area contributed by atoms with E-state index in [0.717, 1.165) is 0 Å². The first-order chi connectivity index (χ1) is 13.2. The van der Waals surface area contributed by atoms with Gasteiger partial charge in [-0.2, -0.15) is 0 Å². The predicted molar refractivity (Wildman–Crippen MR) is 103 cm³/mol. The van der Waals surface area contributed by atoms with Crippen molar-refractivity contribution in [3.05, 3.63) is 23.8 Å². The maximum atomic E-state index is 12.7. The molecule has 0 radical (unpaired) electrons. The number of carbonyl (C=O) groups excluding carboxylic acids is 2. The maximum absolute atomic E-state index is 12.7. The van der Waals surface area contributed by atoms with E-state index < -0.39 is 28.3 Å². The number of nitrogens with zero attached hydrogens (tertiary/aromatic N) is 1. The Morgan fingerprint density at radius 2 is 1.93 bits per heavy atom. The van der Waals surface area contributed by atoms with Crippen LogP contribution in [0.4, 0.5) is 0 Å². The summed E-state index contributed by atoms with van der Waals surface area (Å²) < 4.78 is 39.0. The number of hydrogen-bond acceptors (Lipinski definition) is 7. The normalized spacial score (nSPS) is 18.0. The van der Waals surface area contributed by atoms with Gasteiger partial charge >= 0.3 is 5.97 Å². The van der Waals surface area contributed by atoms with E-state index in [4.69, 9.17) is 14.2 Å². The number of rotatable bonds is 8. The molecule has 1 aliphatic rings. The second kappa shape index (κ2) is 9.27. The van der Waals surface area contributed by atoms with Crippen molar-refractivity contribution in [1.82, 2.24) is 4.90 Å². The largest absolute Gasteiger partial charge is 0.497 e. The molecule has 8 nitrogen and oxygen atoms in total. The highest BCUT2D eigenvalue weighted by atomic mass is 32.2. The fraction of sp³-hybridized carbons (Fsp3) is 0.579. The van der Waals surface area contributed by atoms with Crippen LogP contribution in [0, 0.1) is 5.92 Å². The zero-order chi connectivity index (χ0) is 20.9. The van der Waals surface area contributed by atoms with E-state index in [2.05, 4.69) is 0 Å². The molecule has 1 heterocycles. The van der Waals surface area contributed by atoms with Gasteiger partial charge in [0.25, 0.3) is 5.91 Å². The first-order valence-electron chi connectivity index (χ1n) is 9.06. The Morgan fingerprint density at radius 3 is 2.46 bits per heavy atom. The zero-order valence-corrected chi connectivity index (χ0v) is 17.5. The number of amides is 1. The monoisotopic (exact) mass is 413 g/mol. The third kappa shape index (κ3) is 5.60. The van der Waals surface area contributed by atoms with Crippen LogP contribution in [0.2, 0.25) is 0 Å². The summed E-state index contributed by atoms with van der Waals surface area (Å²) in [6.07, 6.45) is 0.401. The fourth-order valence-electron chi connectivity index (χ4n) is 3.13. The molecule has 9 heteroatoms. The molecule has 0 spiro atoms. The minimum atomic E-state index is -3.13. The molecule has 0 unspecified atom stereocenters. The van der Waals surface area contributed by atoms with Crippen molar-refractivity contribution in [2.75, 3.05) is 38.9 Å². The molecule has 0 saturated carbocycles. The van der Waals surface area contributed by atoms with E-state index in [1.807, 2.05) is 13.8 Å². The summed E-state index contributed by atoms with van der Waals surface area (Å²) in [5.74, 6) is -0.195. The summed E-state index contributed by atoms with van der Waals surface area (Å²) in [7, 11) is -0.235. The summed E-state index contributed by atoms with van der Waals surface area (Å²) in [4.78, 5) is 26.6. The van der Waals surface area contributed by atoms with Crippen molar-refractivity contribution in [2.45, 2.75) is 26.3 Å². The third-order valence-corrected chi connectivity index (χ3v) is 6.24. The van der Waals surface area contributed by atoms with Crippen molar-refractivity contribution in [2.24, 2.45) is 5.92 Å². The summed E-state index contributed by atoms with van der Waals surface area (Å²) in [6.45, 7) is 3.81. The lowest BCUT2D eigenvalue weighted by Crippen LogP contribution is -2.45. The Kier molecular flexibility index (Phi) is 7.29. The quantitative estimate of drug-likeness (QED) is 0.596. The molecule has 1 fully saturated rings. The van der Waals surface area contributed by atoms with Crippen LogP contribution >= 0.6 is 0 Å². The molecule has 1 atom stereocenters. The number of esters is 1. The molecular formula is C19H27NO7S. The summed E-state index contributed by atoms with van der Waals surface area (Å²) in [6, 6.07) is 4.31. The zero-order valence-electron chi connectivity index (χ0n) is 16.6. The van der Waals surface area contributed by atoms with Crippen LogP contribution in [0.25, 0.3) is 0 Å². The molecular weight excluding hydrogens is 386 g/mol. The van der Waals surface area contributed by atoms with Gasteiger partial charge in [0, 0.05) is 12.6 Å². The van der Waals surface area contributed by atoms with E-state index in [1.54, 1.807) is 12.1 Å². The van der Waals surface area contributed by atoms with Crippen LogP contribution in [0.5, 0.6) is 11.5 Å². The van der Waals surface area contributed by atoms with Crippen LogP contribution in [-0.4, -0.2) is 70.1 Å². The van der Waals surface area contributed by atoms with Crippen LogP contribution in [0.15, 0.2) is 18.2 Å². The highest BCUT2D eigenvalue weighted by Gasteiger charge is 2.35. The third-order valence-electron chi connectivity index (χ3n) is 4.48. The van der Waals surface area contributed by atoms with Crippen molar-refractivity contribution >= 4 is 21.7 Å².